The molecule has 9 nitrogen and oxygen atoms in total. The standard InChI is InChI=1S/C30H35N3O6/c1-19(2)27-29(37)33(25(17-32(27)21(5)34)23-14-10-7-11-15-23)18-26(35)31-24(16-22-12-8-6-9-13-22)28(36)30(38)39-20(3)4/h6-15,17,19-20,24,27H,16,18H2,1-5H3,(H,31,35)/t24-,27-/m0/s1. The Morgan fingerprint density at radius 3 is 2.05 bits per heavy atom. The number of carbonyl (C=O) groups excluding carboxylic acids is 5. The van der Waals surface area contributed by atoms with E-state index in [9.17, 15) is 24.0 Å². The van der Waals surface area contributed by atoms with Gasteiger partial charge in [-0.3, -0.25) is 24.1 Å². The van der Waals surface area contributed by atoms with Gasteiger partial charge >= 0.3 is 5.97 Å². The summed E-state index contributed by atoms with van der Waals surface area (Å²) in [6, 6.07) is 16.0. The quantitative estimate of drug-likeness (QED) is 0.371. The van der Waals surface area contributed by atoms with Crippen LogP contribution in [0.25, 0.3) is 5.70 Å². The maximum absolute atomic E-state index is 13.7. The fraction of sp³-hybridized carbons (Fsp3) is 0.367. The predicted molar refractivity (Wildman–Crippen MR) is 146 cm³/mol. The fourth-order valence-electron chi connectivity index (χ4n) is 4.43. The maximum atomic E-state index is 13.7. The van der Waals surface area contributed by atoms with E-state index in [0.29, 0.717) is 11.3 Å². The molecule has 0 saturated heterocycles. The van der Waals surface area contributed by atoms with Crippen molar-refractivity contribution in [3.05, 3.63) is 78.0 Å². The minimum absolute atomic E-state index is 0.0701. The van der Waals surface area contributed by atoms with Crippen molar-refractivity contribution in [3.8, 4) is 0 Å². The molecule has 0 unspecified atom stereocenters. The van der Waals surface area contributed by atoms with Crippen LogP contribution in [0.4, 0.5) is 0 Å². The Hall–Kier alpha value is -4.27. The van der Waals surface area contributed by atoms with Crippen molar-refractivity contribution in [3.63, 3.8) is 0 Å². The molecule has 2 aromatic rings. The highest BCUT2D eigenvalue weighted by Crippen LogP contribution is 2.30. The molecular weight excluding hydrogens is 498 g/mol. The van der Waals surface area contributed by atoms with Gasteiger partial charge in [0.05, 0.1) is 11.8 Å². The number of ether oxygens (including phenoxy) is 1. The van der Waals surface area contributed by atoms with Gasteiger partial charge in [-0.15, -0.1) is 0 Å². The van der Waals surface area contributed by atoms with Crippen molar-refractivity contribution in [2.75, 3.05) is 6.54 Å². The lowest BCUT2D eigenvalue weighted by Crippen LogP contribution is -2.57. The van der Waals surface area contributed by atoms with E-state index in [-0.39, 0.29) is 18.2 Å². The zero-order valence-corrected chi connectivity index (χ0v) is 22.9. The second-order valence-electron chi connectivity index (χ2n) is 10.0. The zero-order chi connectivity index (χ0) is 28.7. The lowest BCUT2D eigenvalue weighted by molar-refractivity contribution is -0.157. The first-order valence-electron chi connectivity index (χ1n) is 12.9. The van der Waals surface area contributed by atoms with Crippen molar-refractivity contribution in [2.45, 2.75) is 59.2 Å². The number of benzene rings is 2. The van der Waals surface area contributed by atoms with Crippen molar-refractivity contribution in [1.82, 2.24) is 15.1 Å². The third kappa shape index (κ3) is 7.40. The molecule has 3 amide bonds. The molecule has 0 bridgehead atoms. The Kier molecular flexibility index (Phi) is 9.76. The van der Waals surface area contributed by atoms with E-state index in [1.54, 1.807) is 68.6 Å². The van der Waals surface area contributed by atoms with Gasteiger partial charge in [-0.2, -0.15) is 0 Å². The lowest BCUT2D eigenvalue weighted by atomic mass is 9.97. The molecule has 3 rings (SSSR count). The number of esters is 1. The van der Waals surface area contributed by atoms with Gasteiger partial charge in [-0.05, 0) is 30.9 Å². The van der Waals surface area contributed by atoms with Crippen LogP contribution in [0.3, 0.4) is 0 Å². The molecule has 206 valence electrons. The highest BCUT2D eigenvalue weighted by molar-refractivity contribution is 6.36. The van der Waals surface area contributed by atoms with E-state index in [1.165, 1.54) is 16.7 Å². The number of hydrogen-bond acceptors (Lipinski definition) is 6. The Balaban J connectivity index is 1.92. The zero-order valence-electron chi connectivity index (χ0n) is 22.9. The highest BCUT2D eigenvalue weighted by atomic mass is 16.5. The van der Waals surface area contributed by atoms with Crippen molar-refractivity contribution >= 4 is 35.2 Å². The molecule has 0 aromatic heterocycles. The summed E-state index contributed by atoms with van der Waals surface area (Å²) in [5.74, 6) is -3.48. The molecule has 0 radical (unpaired) electrons. The van der Waals surface area contributed by atoms with Gasteiger partial charge in [0.2, 0.25) is 11.8 Å². The third-order valence-electron chi connectivity index (χ3n) is 6.22. The summed E-state index contributed by atoms with van der Waals surface area (Å²) in [6.45, 7) is 7.89. The van der Waals surface area contributed by atoms with Crippen molar-refractivity contribution < 1.29 is 28.7 Å². The topological polar surface area (TPSA) is 113 Å². The van der Waals surface area contributed by atoms with Crippen LogP contribution in [0.15, 0.2) is 66.9 Å². The van der Waals surface area contributed by atoms with E-state index >= 15 is 0 Å². The largest absolute Gasteiger partial charge is 0.457 e. The number of carbonyl (C=O) groups is 5. The van der Waals surface area contributed by atoms with Crippen LogP contribution >= 0.6 is 0 Å². The average molecular weight is 534 g/mol. The van der Waals surface area contributed by atoms with Crippen LogP contribution in [0.5, 0.6) is 0 Å². The van der Waals surface area contributed by atoms with Gasteiger partial charge in [0.25, 0.3) is 11.7 Å². The first-order chi connectivity index (χ1) is 18.5. The molecule has 1 N–H and O–H groups in total. The summed E-state index contributed by atoms with van der Waals surface area (Å²) in [4.78, 5) is 67.7. The van der Waals surface area contributed by atoms with Gasteiger partial charge in [0, 0.05) is 19.5 Å². The van der Waals surface area contributed by atoms with Gasteiger partial charge in [0.1, 0.15) is 18.6 Å². The van der Waals surface area contributed by atoms with Crippen LogP contribution in [0.2, 0.25) is 0 Å². The Labute approximate surface area is 228 Å². The van der Waals surface area contributed by atoms with Crippen LogP contribution in [0, 0.1) is 5.92 Å². The van der Waals surface area contributed by atoms with E-state index < -0.39 is 48.3 Å². The summed E-state index contributed by atoms with van der Waals surface area (Å²) in [5.41, 5.74) is 1.77. The van der Waals surface area contributed by atoms with Crippen LogP contribution in [0.1, 0.15) is 45.7 Å². The summed E-state index contributed by atoms with van der Waals surface area (Å²) < 4.78 is 5.08. The predicted octanol–water partition coefficient (Wildman–Crippen LogP) is 2.95. The molecule has 0 aliphatic carbocycles. The van der Waals surface area contributed by atoms with E-state index in [1.807, 2.05) is 26.0 Å². The van der Waals surface area contributed by atoms with Crippen molar-refractivity contribution in [1.29, 1.82) is 0 Å². The third-order valence-corrected chi connectivity index (χ3v) is 6.22. The number of Topliss-reactive ketones (excluding diaryl/α,β-unsaturated/α-hetero) is 1. The van der Waals surface area contributed by atoms with Crippen molar-refractivity contribution in [2.24, 2.45) is 5.92 Å². The van der Waals surface area contributed by atoms with Gasteiger partial charge in [-0.1, -0.05) is 74.5 Å². The number of ketones is 1. The molecule has 1 aliphatic rings. The summed E-state index contributed by atoms with van der Waals surface area (Å²) in [7, 11) is 0. The average Bonchev–Trinajstić information content (AvgIpc) is 2.89. The Morgan fingerprint density at radius 2 is 1.51 bits per heavy atom. The Bertz CT molecular complexity index is 1240. The number of hydrogen-bond donors (Lipinski definition) is 1. The summed E-state index contributed by atoms with van der Waals surface area (Å²) in [5, 5.41) is 2.65. The van der Waals surface area contributed by atoms with Crippen LogP contribution < -0.4 is 5.32 Å². The van der Waals surface area contributed by atoms with E-state index in [0.717, 1.165) is 5.56 Å². The van der Waals surface area contributed by atoms with Crippen LogP contribution in [-0.4, -0.2) is 64.0 Å². The molecule has 1 aliphatic heterocycles. The molecule has 1 heterocycles. The monoisotopic (exact) mass is 533 g/mol. The molecule has 9 heteroatoms. The second kappa shape index (κ2) is 13.0. The molecule has 39 heavy (non-hydrogen) atoms. The highest BCUT2D eigenvalue weighted by Gasteiger charge is 2.40. The van der Waals surface area contributed by atoms with E-state index in [2.05, 4.69) is 5.32 Å². The van der Waals surface area contributed by atoms with E-state index in [4.69, 9.17) is 4.74 Å². The first kappa shape index (κ1) is 29.3. The second-order valence-corrected chi connectivity index (χ2v) is 10.0. The number of rotatable bonds is 10. The molecule has 0 saturated carbocycles. The summed E-state index contributed by atoms with van der Waals surface area (Å²) in [6.07, 6.45) is 1.15. The number of nitrogens with zero attached hydrogens (tertiary/aromatic N) is 2. The van der Waals surface area contributed by atoms with Gasteiger partial charge < -0.3 is 15.0 Å². The normalized spacial score (nSPS) is 16.1. The van der Waals surface area contributed by atoms with Gasteiger partial charge in [0.15, 0.2) is 0 Å². The fourth-order valence-corrected chi connectivity index (χ4v) is 4.43. The minimum atomic E-state index is -1.19. The van der Waals surface area contributed by atoms with Crippen LogP contribution in [-0.2, 0) is 35.1 Å². The summed E-state index contributed by atoms with van der Waals surface area (Å²) >= 11 is 0. The molecule has 2 atom stereocenters. The van der Waals surface area contributed by atoms with Gasteiger partial charge in [-0.25, -0.2) is 4.79 Å². The first-order valence-corrected chi connectivity index (χ1v) is 12.9. The molecule has 0 spiro atoms. The minimum Gasteiger partial charge on any atom is -0.457 e. The maximum Gasteiger partial charge on any atom is 0.377 e. The SMILES string of the molecule is CC(=O)N1C=C(c2ccccc2)N(CC(=O)N[C@@H](Cc2ccccc2)C(=O)C(=O)OC(C)C)C(=O)[C@@H]1C(C)C. The lowest BCUT2D eigenvalue weighted by Gasteiger charge is -2.40. The molecule has 2 aromatic carbocycles. The molecule has 0 fully saturated rings. The number of amides is 3. The smallest absolute Gasteiger partial charge is 0.377 e. The molecular formula is C30H35N3O6. The number of nitrogens with one attached hydrogen (secondary N) is 1. The Morgan fingerprint density at radius 1 is 0.923 bits per heavy atom.